The van der Waals surface area contributed by atoms with Crippen molar-refractivity contribution in [3.05, 3.63) is 0 Å². The molecule has 0 amide bonds. The van der Waals surface area contributed by atoms with E-state index in [0.717, 1.165) is 12.3 Å². The van der Waals surface area contributed by atoms with Crippen molar-refractivity contribution in [1.82, 2.24) is 0 Å². The molecule has 2 atom stereocenters. The van der Waals surface area contributed by atoms with Crippen LogP contribution < -0.4 is 0 Å². The second-order valence-corrected chi connectivity index (χ2v) is 12.6. The van der Waals surface area contributed by atoms with Gasteiger partial charge in [0.25, 0.3) is 0 Å². The maximum absolute atomic E-state index is 11.7. The van der Waals surface area contributed by atoms with Gasteiger partial charge in [-0.15, -0.1) is 0 Å². The van der Waals surface area contributed by atoms with E-state index in [1.165, 1.54) is 116 Å². The first kappa shape index (κ1) is 37.5. The van der Waals surface area contributed by atoms with Gasteiger partial charge in [0.1, 0.15) is 6.10 Å². The minimum Gasteiger partial charge on any atom is -0.379 e. The Bertz CT molecular complexity index is 495. The molecule has 0 saturated heterocycles. The molecule has 224 valence electrons. The summed E-state index contributed by atoms with van der Waals surface area (Å²) in [6.07, 6.45) is 25.4. The molecule has 0 aromatic rings. The average Bonchev–Trinajstić information content (AvgIpc) is 2.89. The monoisotopic (exact) mass is 614 g/mol. The molecule has 0 radical (unpaired) electrons. The fourth-order valence-corrected chi connectivity index (χ4v) is 5.78. The van der Waals surface area contributed by atoms with E-state index in [4.69, 9.17) is 18.5 Å². The quantitative estimate of drug-likeness (QED) is 0.0493. The first-order valence-electron chi connectivity index (χ1n) is 15.3. The topological polar surface area (TPSA) is 74.2 Å². The van der Waals surface area contributed by atoms with Gasteiger partial charge in [0, 0.05) is 19.0 Å². The second kappa shape index (κ2) is 28.1. The van der Waals surface area contributed by atoms with E-state index >= 15 is 0 Å². The van der Waals surface area contributed by atoms with Crippen LogP contribution in [-0.2, 0) is 23.1 Å². The van der Waals surface area contributed by atoms with Crippen molar-refractivity contribution in [2.24, 2.45) is 5.92 Å². The fraction of sp³-hybridized carbons (Fsp3) is 1.00. The van der Waals surface area contributed by atoms with Gasteiger partial charge in [-0.1, -0.05) is 145 Å². The fourth-order valence-electron chi connectivity index (χ4n) is 4.61. The third-order valence-electron chi connectivity index (χ3n) is 6.98. The number of unbranched alkanes of at least 4 members (excludes halogenated alkanes) is 13. The number of halogens is 1. The van der Waals surface area contributed by atoms with Gasteiger partial charge in [0.2, 0.25) is 0 Å². The van der Waals surface area contributed by atoms with Gasteiger partial charge < -0.3 is 14.4 Å². The van der Waals surface area contributed by atoms with Gasteiger partial charge in [0.05, 0.1) is 19.8 Å². The predicted octanol–water partition coefficient (Wildman–Crippen LogP) is 9.61. The van der Waals surface area contributed by atoms with Gasteiger partial charge in [-0.25, -0.2) is 4.57 Å². The van der Waals surface area contributed by atoms with Crippen molar-refractivity contribution in [3.63, 3.8) is 0 Å². The Morgan fingerprint density at radius 3 is 1.65 bits per heavy atom. The molecule has 2 unspecified atom stereocenters. The van der Waals surface area contributed by atoms with E-state index in [0.29, 0.717) is 18.5 Å². The second-order valence-electron chi connectivity index (χ2n) is 10.4. The molecule has 0 spiro atoms. The number of ether oxygens (including phenoxy) is 2. The van der Waals surface area contributed by atoms with Crippen molar-refractivity contribution < 1.29 is 28.0 Å². The molecule has 0 aliphatic carbocycles. The Morgan fingerprint density at radius 2 is 1.16 bits per heavy atom. The van der Waals surface area contributed by atoms with E-state index in [1.54, 1.807) is 7.11 Å². The zero-order chi connectivity index (χ0) is 27.5. The normalized spacial score (nSPS) is 14.3. The zero-order valence-corrected chi connectivity index (χ0v) is 26.9. The lowest BCUT2D eigenvalue weighted by Crippen LogP contribution is -2.24. The SMILES string of the molecule is CCCCCCCCC(CCCCCCCC)CCCCCCOCC(COP(=O)(O)OCCBr)OC. The van der Waals surface area contributed by atoms with Crippen LogP contribution in [0.4, 0.5) is 0 Å². The van der Waals surface area contributed by atoms with Gasteiger partial charge in [0.15, 0.2) is 0 Å². The van der Waals surface area contributed by atoms with Gasteiger partial charge in [-0.3, -0.25) is 9.05 Å². The highest BCUT2D eigenvalue weighted by Gasteiger charge is 2.23. The summed E-state index contributed by atoms with van der Waals surface area (Å²) in [6, 6.07) is 0. The molecule has 0 saturated carbocycles. The van der Waals surface area contributed by atoms with Crippen LogP contribution in [0, 0.1) is 5.92 Å². The molecule has 0 aliphatic heterocycles. The summed E-state index contributed by atoms with van der Waals surface area (Å²) >= 11 is 3.15. The molecule has 0 aromatic heterocycles. The summed E-state index contributed by atoms with van der Waals surface area (Å²) in [6.45, 7) is 5.67. The number of hydrogen-bond donors (Lipinski definition) is 1. The lowest BCUT2D eigenvalue weighted by molar-refractivity contribution is -0.0218. The molecule has 0 bridgehead atoms. The highest BCUT2D eigenvalue weighted by atomic mass is 79.9. The Kier molecular flexibility index (Phi) is 28.4. The molecule has 0 aliphatic rings. The van der Waals surface area contributed by atoms with E-state index < -0.39 is 13.9 Å². The summed E-state index contributed by atoms with van der Waals surface area (Å²) in [5, 5.41) is 0.469. The molecular formula is C29H60BrO6P. The van der Waals surface area contributed by atoms with Gasteiger partial charge >= 0.3 is 7.82 Å². The molecule has 6 nitrogen and oxygen atoms in total. The Balaban J connectivity index is 3.99. The molecule has 37 heavy (non-hydrogen) atoms. The minimum atomic E-state index is -4.04. The summed E-state index contributed by atoms with van der Waals surface area (Å²) in [4.78, 5) is 9.60. The number of rotatable bonds is 30. The average molecular weight is 616 g/mol. The van der Waals surface area contributed by atoms with Gasteiger partial charge in [-0.05, 0) is 12.3 Å². The first-order valence-corrected chi connectivity index (χ1v) is 17.9. The van der Waals surface area contributed by atoms with E-state index in [9.17, 15) is 9.46 Å². The number of methoxy groups -OCH3 is 1. The smallest absolute Gasteiger partial charge is 0.379 e. The highest BCUT2D eigenvalue weighted by molar-refractivity contribution is 9.09. The van der Waals surface area contributed by atoms with Crippen LogP contribution in [0.1, 0.15) is 136 Å². The number of hydrogen-bond acceptors (Lipinski definition) is 5. The largest absolute Gasteiger partial charge is 0.472 e. The zero-order valence-electron chi connectivity index (χ0n) is 24.4. The van der Waals surface area contributed by atoms with Crippen LogP contribution >= 0.6 is 23.8 Å². The van der Waals surface area contributed by atoms with Crippen molar-refractivity contribution >= 4 is 23.8 Å². The van der Waals surface area contributed by atoms with Crippen LogP contribution in [0.25, 0.3) is 0 Å². The van der Waals surface area contributed by atoms with E-state index in [-0.39, 0.29) is 13.2 Å². The van der Waals surface area contributed by atoms with Crippen LogP contribution in [0.5, 0.6) is 0 Å². The lowest BCUT2D eigenvalue weighted by atomic mass is 9.89. The molecule has 0 rings (SSSR count). The van der Waals surface area contributed by atoms with Gasteiger partial charge in [-0.2, -0.15) is 0 Å². The molecule has 8 heteroatoms. The standard InChI is InChI=1S/C29H60BrO6P/c1-4-6-8-10-12-16-20-28(21-17-13-11-9-7-5-2)22-18-14-15-19-24-34-26-29(33-3)27-36-37(31,32)35-25-23-30/h28-29H,4-27H2,1-3H3,(H,31,32). The number of phosphoric ester groups is 1. The van der Waals surface area contributed by atoms with E-state index in [2.05, 4.69) is 29.8 Å². The Labute approximate surface area is 238 Å². The van der Waals surface area contributed by atoms with E-state index in [1.807, 2.05) is 0 Å². The first-order chi connectivity index (χ1) is 18.0. The molecular weight excluding hydrogens is 555 g/mol. The maximum atomic E-state index is 11.7. The minimum absolute atomic E-state index is 0.0365. The van der Waals surface area contributed by atoms with Crippen molar-refractivity contribution in [2.45, 2.75) is 142 Å². The van der Waals surface area contributed by atoms with Crippen molar-refractivity contribution in [1.29, 1.82) is 0 Å². The third kappa shape index (κ3) is 26.5. The summed E-state index contributed by atoms with van der Waals surface area (Å²) in [5.41, 5.74) is 0. The Hall–Kier alpha value is 0.510. The van der Waals surface area contributed by atoms with Crippen LogP contribution in [-0.4, -0.2) is 49.9 Å². The molecule has 0 heterocycles. The maximum Gasteiger partial charge on any atom is 0.472 e. The van der Waals surface area contributed by atoms with Crippen molar-refractivity contribution in [2.75, 3.05) is 38.9 Å². The molecule has 0 fully saturated rings. The Morgan fingerprint density at radius 1 is 0.676 bits per heavy atom. The predicted molar refractivity (Wildman–Crippen MR) is 160 cm³/mol. The van der Waals surface area contributed by atoms with Crippen LogP contribution in [0.3, 0.4) is 0 Å². The van der Waals surface area contributed by atoms with Crippen LogP contribution in [0.2, 0.25) is 0 Å². The summed E-state index contributed by atoms with van der Waals surface area (Å²) in [7, 11) is -2.49. The lowest BCUT2D eigenvalue weighted by Gasteiger charge is -2.18. The van der Waals surface area contributed by atoms with Crippen LogP contribution in [0.15, 0.2) is 0 Å². The van der Waals surface area contributed by atoms with Crippen molar-refractivity contribution in [3.8, 4) is 0 Å². The molecule has 1 N–H and O–H groups in total. The third-order valence-corrected chi connectivity index (χ3v) is 8.28. The molecule has 0 aromatic carbocycles. The number of phosphoric acid groups is 1. The number of alkyl halides is 1. The summed E-state index contributed by atoms with van der Waals surface area (Å²) < 4.78 is 32.5. The highest BCUT2D eigenvalue weighted by Crippen LogP contribution is 2.43. The summed E-state index contributed by atoms with van der Waals surface area (Å²) in [5.74, 6) is 0.914.